The van der Waals surface area contributed by atoms with Crippen molar-refractivity contribution in [3.63, 3.8) is 0 Å². The average molecular weight is 527 g/mol. The number of halogens is 2. The minimum Gasteiger partial charge on any atom is -0.493 e. The number of hydrogen-bond donors (Lipinski definition) is 1. The molecule has 0 bridgehead atoms. The maximum absolute atomic E-state index is 12.1. The van der Waals surface area contributed by atoms with Crippen molar-refractivity contribution in [2.75, 3.05) is 13.7 Å². The number of benzene rings is 3. The van der Waals surface area contributed by atoms with Crippen LogP contribution in [0.1, 0.15) is 11.1 Å². The highest BCUT2D eigenvalue weighted by Gasteiger charge is 2.08. The van der Waals surface area contributed by atoms with Crippen LogP contribution in [0, 0.1) is 0 Å². The largest absolute Gasteiger partial charge is 0.493 e. The van der Waals surface area contributed by atoms with Crippen molar-refractivity contribution in [2.24, 2.45) is 5.10 Å². The molecular weight excluding hydrogens is 507 g/mol. The number of hydrazone groups is 1. The molecule has 36 heavy (non-hydrogen) atoms. The van der Waals surface area contributed by atoms with Crippen LogP contribution in [0.5, 0.6) is 17.2 Å². The lowest BCUT2D eigenvalue weighted by atomic mass is 10.2. The van der Waals surface area contributed by atoms with Crippen LogP contribution >= 0.6 is 23.2 Å². The lowest BCUT2D eigenvalue weighted by Gasteiger charge is -2.12. The maximum Gasteiger partial charge on any atom is 0.277 e. The van der Waals surface area contributed by atoms with E-state index in [1.54, 1.807) is 54.6 Å². The number of carbonyl (C=O) groups excluding carboxylic acids is 1. The van der Waals surface area contributed by atoms with Crippen molar-refractivity contribution in [1.82, 2.24) is 25.6 Å². The number of nitrogens with one attached hydrogen (secondary N) is 1. The second kappa shape index (κ2) is 12.0. The van der Waals surface area contributed by atoms with Gasteiger partial charge in [0.15, 0.2) is 18.1 Å². The summed E-state index contributed by atoms with van der Waals surface area (Å²) in [7, 11) is 1.54. The number of methoxy groups -OCH3 is 1. The average Bonchev–Trinajstić information content (AvgIpc) is 3.44. The van der Waals surface area contributed by atoms with Crippen LogP contribution in [0.3, 0.4) is 0 Å². The molecule has 4 aromatic rings. The number of nitrogens with zero attached hydrogens (tertiary/aromatic N) is 5. The van der Waals surface area contributed by atoms with E-state index in [1.165, 1.54) is 24.3 Å². The van der Waals surface area contributed by atoms with Gasteiger partial charge in [0, 0.05) is 0 Å². The van der Waals surface area contributed by atoms with Crippen molar-refractivity contribution >= 4 is 35.3 Å². The molecule has 0 fully saturated rings. The fourth-order valence-corrected chi connectivity index (χ4v) is 3.33. The first-order chi connectivity index (χ1) is 17.5. The Morgan fingerprint density at radius 3 is 2.58 bits per heavy atom. The van der Waals surface area contributed by atoms with Gasteiger partial charge >= 0.3 is 0 Å². The highest BCUT2D eigenvalue weighted by atomic mass is 35.5. The monoisotopic (exact) mass is 526 g/mol. The third kappa shape index (κ3) is 6.71. The normalized spacial score (nSPS) is 10.9. The zero-order valence-electron chi connectivity index (χ0n) is 19.0. The van der Waals surface area contributed by atoms with Gasteiger partial charge in [0.25, 0.3) is 5.91 Å². The predicted octanol–water partition coefficient (Wildman–Crippen LogP) is 4.09. The minimum atomic E-state index is -0.413. The Bertz CT molecular complexity index is 1350. The van der Waals surface area contributed by atoms with E-state index < -0.39 is 5.91 Å². The first kappa shape index (κ1) is 25.0. The molecule has 0 aliphatic rings. The van der Waals surface area contributed by atoms with Crippen LogP contribution < -0.4 is 19.6 Å². The summed E-state index contributed by atoms with van der Waals surface area (Å²) >= 11 is 12.0. The lowest BCUT2D eigenvalue weighted by molar-refractivity contribution is -0.123. The topological polar surface area (TPSA) is 113 Å². The standard InChI is InChI=1S/C24H20Cl2N6O4/c1-34-23-11-16(3-9-22(23)36-13-17-2-8-20(25)21(26)10-17)12-27-29-24(33)14-35-19-6-4-18(5-7-19)32-15-28-30-31-32/h2-12,15H,13-14H2,1H3,(H,29,33). The SMILES string of the molecule is COc1cc(C=NNC(=O)COc2ccc(-n3cnnn3)cc2)ccc1OCc1ccc(Cl)c(Cl)c1. The van der Waals surface area contributed by atoms with E-state index in [9.17, 15) is 4.79 Å². The van der Waals surface area contributed by atoms with Crippen LogP contribution in [0.25, 0.3) is 5.69 Å². The van der Waals surface area contributed by atoms with E-state index in [0.29, 0.717) is 32.9 Å². The van der Waals surface area contributed by atoms with Crippen molar-refractivity contribution in [2.45, 2.75) is 6.61 Å². The second-order valence-electron chi connectivity index (χ2n) is 7.28. The Morgan fingerprint density at radius 2 is 1.86 bits per heavy atom. The van der Waals surface area contributed by atoms with Crippen molar-refractivity contribution in [1.29, 1.82) is 0 Å². The van der Waals surface area contributed by atoms with E-state index in [1.807, 2.05) is 6.07 Å². The van der Waals surface area contributed by atoms with E-state index in [2.05, 4.69) is 26.1 Å². The van der Waals surface area contributed by atoms with E-state index >= 15 is 0 Å². The molecule has 0 saturated heterocycles. The Labute approximate surface area is 216 Å². The Hall–Kier alpha value is -4.15. The molecule has 0 radical (unpaired) electrons. The van der Waals surface area contributed by atoms with Gasteiger partial charge in [0.05, 0.1) is 29.1 Å². The zero-order chi connectivity index (χ0) is 25.3. The summed E-state index contributed by atoms with van der Waals surface area (Å²) in [5, 5.41) is 15.9. The third-order valence-corrected chi connectivity index (χ3v) is 5.53. The van der Waals surface area contributed by atoms with Crippen molar-refractivity contribution in [3.05, 3.63) is 88.2 Å². The maximum atomic E-state index is 12.1. The summed E-state index contributed by atoms with van der Waals surface area (Å²) < 4.78 is 18.2. The summed E-state index contributed by atoms with van der Waals surface area (Å²) in [5.74, 6) is 1.17. The van der Waals surface area contributed by atoms with Gasteiger partial charge in [0.1, 0.15) is 18.7 Å². The molecule has 1 aromatic heterocycles. The Kier molecular flexibility index (Phi) is 8.32. The van der Waals surface area contributed by atoms with Gasteiger partial charge < -0.3 is 14.2 Å². The highest BCUT2D eigenvalue weighted by Crippen LogP contribution is 2.29. The molecule has 0 aliphatic heterocycles. The molecule has 0 spiro atoms. The molecule has 184 valence electrons. The van der Waals surface area contributed by atoms with Gasteiger partial charge in [-0.2, -0.15) is 5.10 Å². The van der Waals surface area contributed by atoms with Crippen LogP contribution in [-0.2, 0) is 11.4 Å². The number of amides is 1. The van der Waals surface area contributed by atoms with Gasteiger partial charge in [0.2, 0.25) is 0 Å². The van der Waals surface area contributed by atoms with Gasteiger partial charge in [-0.25, -0.2) is 10.1 Å². The van der Waals surface area contributed by atoms with Gasteiger partial charge in [-0.05, 0) is 76.2 Å². The molecule has 1 amide bonds. The Morgan fingerprint density at radius 1 is 1.03 bits per heavy atom. The summed E-state index contributed by atoms with van der Waals surface area (Å²) in [6.45, 7) is 0.0868. The lowest BCUT2D eigenvalue weighted by Crippen LogP contribution is -2.24. The Balaban J connectivity index is 1.26. The molecule has 0 unspecified atom stereocenters. The van der Waals surface area contributed by atoms with E-state index in [-0.39, 0.29) is 13.2 Å². The molecule has 3 aromatic carbocycles. The predicted molar refractivity (Wildman–Crippen MR) is 134 cm³/mol. The molecule has 0 aliphatic carbocycles. The molecule has 12 heteroatoms. The number of hydrogen-bond acceptors (Lipinski definition) is 8. The fraction of sp³-hybridized carbons (Fsp3) is 0.125. The second-order valence-corrected chi connectivity index (χ2v) is 8.09. The molecule has 0 atom stereocenters. The molecule has 10 nitrogen and oxygen atoms in total. The van der Waals surface area contributed by atoms with Crippen LogP contribution in [0.2, 0.25) is 10.0 Å². The smallest absolute Gasteiger partial charge is 0.277 e. The number of carbonyl (C=O) groups is 1. The highest BCUT2D eigenvalue weighted by molar-refractivity contribution is 6.42. The van der Waals surface area contributed by atoms with E-state index in [0.717, 1.165) is 11.3 Å². The summed E-state index contributed by atoms with van der Waals surface area (Å²) in [6.07, 6.45) is 2.97. The molecule has 0 saturated carbocycles. The summed E-state index contributed by atoms with van der Waals surface area (Å²) in [6, 6.07) is 17.5. The zero-order valence-corrected chi connectivity index (χ0v) is 20.5. The number of rotatable bonds is 10. The van der Waals surface area contributed by atoms with Crippen LogP contribution in [0.4, 0.5) is 0 Å². The minimum absolute atomic E-state index is 0.202. The fourth-order valence-electron chi connectivity index (χ4n) is 3.01. The van der Waals surface area contributed by atoms with Crippen molar-refractivity contribution in [3.8, 4) is 22.9 Å². The number of aromatic nitrogens is 4. The van der Waals surface area contributed by atoms with Gasteiger partial charge in [-0.3, -0.25) is 4.79 Å². The third-order valence-electron chi connectivity index (χ3n) is 4.79. The quantitative estimate of drug-likeness (QED) is 0.244. The van der Waals surface area contributed by atoms with Crippen LogP contribution in [0.15, 0.2) is 72.1 Å². The molecule has 1 heterocycles. The molecular formula is C24H20Cl2N6O4. The first-order valence-corrected chi connectivity index (χ1v) is 11.3. The number of tetrazole rings is 1. The molecule has 1 N–H and O–H groups in total. The van der Waals surface area contributed by atoms with Gasteiger partial charge in [-0.1, -0.05) is 29.3 Å². The van der Waals surface area contributed by atoms with Crippen molar-refractivity contribution < 1.29 is 19.0 Å². The summed E-state index contributed by atoms with van der Waals surface area (Å²) in [4.78, 5) is 12.1. The first-order valence-electron chi connectivity index (χ1n) is 10.5. The van der Waals surface area contributed by atoms with E-state index in [4.69, 9.17) is 37.4 Å². The van der Waals surface area contributed by atoms with Crippen LogP contribution in [-0.4, -0.2) is 46.0 Å². The van der Waals surface area contributed by atoms with Gasteiger partial charge in [-0.15, -0.1) is 5.10 Å². The molecule has 4 rings (SSSR count). The number of ether oxygens (including phenoxy) is 3. The summed E-state index contributed by atoms with van der Waals surface area (Å²) in [5.41, 5.74) is 4.76.